The van der Waals surface area contributed by atoms with Crippen LogP contribution in [0.2, 0.25) is 0 Å². The van der Waals surface area contributed by atoms with Crippen molar-refractivity contribution in [1.82, 2.24) is 25.1 Å². The van der Waals surface area contributed by atoms with E-state index in [4.69, 9.17) is 15.0 Å². The Labute approximate surface area is 175 Å². The van der Waals surface area contributed by atoms with Crippen molar-refractivity contribution in [2.24, 2.45) is 0 Å². The maximum atomic E-state index is 5.89. The molecule has 4 rings (SSSR count). The van der Waals surface area contributed by atoms with Crippen LogP contribution in [0.4, 0.5) is 17.7 Å². The highest BCUT2D eigenvalue weighted by Gasteiger charge is 2.28. The SMILES string of the molecule is CC(C)c1noc(N2CCN(c3ncc(OCc4ccncc4N)cn3)[C@H](C)C2)n1. The van der Waals surface area contributed by atoms with Crippen molar-refractivity contribution in [2.45, 2.75) is 39.3 Å². The molecule has 3 aromatic rings. The van der Waals surface area contributed by atoms with E-state index in [0.29, 0.717) is 30.0 Å². The van der Waals surface area contributed by atoms with E-state index < -0.39 is 0 Å². The van der Waals surface area contributed by atoms with Gasteiger partial charge >= 0.3 is 6.01 Å². The molecule has 0 amide bonds. The third-order valence-corrected chi connectivity index (χ3v) is 5.06. The van der Waals surface area contributed by atoms with Gasteiger partial charge in [0.1, 0.15) is 6.61 Å². The van der Waals surface area contributed by atoms with Crippen LogP contribution >= 0.6 is 0 Å². The highest BCUT2D eigenvalue weighted by Crippen LogP contribution is 2.23. The molecule has 158 valence electrons. The molecule has 3 aromatic heterocycles. The normalized spacial score (nSPS) is 16.9. The monoisotopic (exact) mass is 410 g/mol. The molecule has 0 radical (unpaired) electrons. The Bertz CT molecular complexity index is 975. The van der Waals surface area contributed by atoms with E-state index in [0.717, 1.165) is 31.0 Å². The first-order valence-corrected chi connectivity index (χ1v) is 9.99. The summed E-state index contributed by atoms with van der Waals surface area (Å²) in [5, 5.41) is 4.06. The van der Waals surface area contributed by atoms with Crippen LogP contribution in [0.25, 0.3) is 0 Å². The number of ether oxygens (including phenoxy) is 1. The standard InChI is InChI=1S/C20H26N8O2/c1-13(2)18-25-20(30-26-18)27-6-7-28(14(3)11-27)19-23-8-16(9-24-19)29-12-15-4-5-22-10-17(15)21/h4-5,8-10,13-14H,6-7,11-12,21H2,1-3H3/t14-/m1/s1. The molecule has 0 aromatic carbocycles. The summed E-state index contributed by atoms with van der Waals surface area (Å²) in [5.41, 5.74) is 7.37. The predicted molar refractivity (Wildman–Crippen MR) is 112 cm³/mol. The largest absolute Gasteiger partial charge is 0.486 e. The Morgan fingerprint density at radius 2 is 2.03 bits per heavy atom. The fourth-order valence-electron chi connectivity index (χ4n) is 3.28. The molecule has 4 heterocycles. The van der Waals surface area contributed by atoms with Gasteiger partial charge in [-0.15, -0.1) is 0 Å². The zero-order chi connectivity index (χ0) is 21.1. The Morgan fingerprint density at radius 1 is 1.23 bits per heavy atom. The quantitative estimate of drug-likeness (QED) is 0.648. The maximum absolute atomic E-state index is 5.89. The molecule has 0 bridgehead atoms. The van der Waals surface area contributed by atoms with Crippen molar-refractivity contribution in [3.05, 3.63) is 42.2 Å². The van der Waals surface area contributed by atoms with Crippen molar-refractivity contribution in [2.75, 3.05) is 35.2 Å². The van der Waals surface area contributed by atoms with E-state index in [-0.39, 0.29) is 12.0 Å². The molecular weight excluding hydrogens is 384 g/mol. The van der Waals surface area contributed by atoms with Gasteiger partial charge in [0, 0.05) is 43.4 Å². The number of nitrogens with two attached hydrogens (primary N) is 1. The smallest absolute Gasteiger partial charge is 0.324 e. The molecule has 0 aliphatic carbocycles. The van der Waals surface area contributed by atoms with Crippen LogP contribution in [0, 0.1) is 0 Å². The zero-order valence-corrected chi connectivity index (χ0v) is 17.4. The van der Waals surface area contributed by atoms with E-state index >= 15 is 0 Å². The first-order valence-electron chi connectivity index (χ1n) is 9.99. The van der Waals surface area contributed by atoms with Crippen molar-refractivity contribution < 1.29 is 9.26 Å². The number of aromatic nitrogens is 5. The summed E-state index contributed by atoms with van der Waals surface area (Å²) in [7, 11) is 0. The predicted octanol–water partition coefficient (Wildman–Crippen LogP) is 2.25. The number of nitrogen functional groups attached to an aromatic ring is 1. The van der Waals surface area contributed by atoms with Gasteiger partial charge in [0.15, 0.2) is 11.6 Å². The lowest BCUT2D eigenvalue weighted by molar-refractivity contribution is 0.304. The van der Waals surface area contributed by atoms with E-state index in [9.17, 15) is 0 Å². The zero-order valence-electron chi connectivity index (χ0n) is 17.4. The lowest BCUT2D eigenvalue weighted by Gasteiger charge is -2.38. The number of anilines is 3. The second-order valence-corrected chi connectivity index (χ2v) is 7.66. The van der Waals surface area contributed by atoms with Gasteiger partial charge in [0.2, 0.25) is 5.95 Å². The Balaban J connectivity index is 1.36. The molecule has 1 atom stereocenters. The summed E-state index contributed by atoms with van der Waals surface area (Å²) in [6, 6.07) is 2.60. The molecule has 30 heavy (non-hydrogen) atoms. The first-order chi connectivity index (χ1) is 14.5. The van der Waals surface area contributed by atoms with Crippen LogP contribution in [-0.4, -0.2) is 50.8 Å². The molecule has 0 saturated carbocycles. The van der Waals surface area contributed by atoms with Crippen LogP contribution in [-0.2, 0) is 6.61 Å². The number of pyridine rings is 1. The number of hydrogen-bond donors (Lipinski definition) is 1. The van der Waals surface area contributed by atoms with Gasteiger partial charge in [-0.05, 0) is 13.0 Å². The van der Waals surface area contributed by atoms with Gasteiger partial charge in [-0.2, -0.15) is 4.98 Å². The van der Waals surface area contributed by atoms with Crippen molar-refractivity contribution in [1.29, 1.82) is 0 Å². The molecule has 0 unspecified atom stereocenters. The molecule has 0 spiro atoms. The summed E-state index contributed by atoms with van der Waals surface area (Å²) < 4.78 is 11.2. The number of piperazine rings is 1. The van der Waals surface area contributed by atoms with Gasteiger partial charge in [0.05, 0.1) is 24.3 Å². The fraction of sp³-hybridized carbons (Fsp3) is 0.450. The fourth-order valence-corrected chi connectivity index (χ4v) is 3.28. The highest BCUT2D eigenvalue weighted by molar-refractivity contribution is 5.43. The van der Waals surface area contributed by atoms with Crippen LogP contribution in [0.5, 0.6) is 5.75 Å². The average molecular weight is 410 g/mol. The van der Waals surface area contributed by atoms with Crippen molar-refractivity contribution in [3.8, 4) is 5.75 Å². The third kappa shape index (κ3) is 4.27. The van der Waals surface area contributed by atoms with E-state index in [1.54, 1.807) is 24.8 Å². The van der Waals surface area contributed by atoms with Crippen molar-refractivity contribution in [3.63, 3.8) is 0 Å². The molecule has 1 fully saturated rings. The minimum Gasteiger partial charge on any atom is -0.486 e. The van der Waals surface area contributed by atoms with Gasteiger partial charge in [-0.3, -0.25) is 4.98 Å². The average Bonchev–Trinajstić information content (AvgIpc) is 3.24. The summed E-state index contributed by atoms with van der Waals surface area (Å²) in [6.07, 6.45) is 6.67. The van der Waals surface area contributed by atoms with E-state index in [1.807, 2.05) is 19.9 Å². The lowest BCUT2D eigenvalue weighted by atomic mass is 10.2. The topological polar surface area (TPSA) is 119 Å². The first kappa shape index (κ1) is 19.9. The highest BCUT2D eigenvalue weighted by atomic mass is 16.5. The molecular formula is C20H26N8O2. The van der Waals surface area contributed by atoms with Gasteiger partial charge in [-0.1, -0.05) is 19.0 Å². The molecule has 10 nitrogen and oxygen atoms in total. The number of rotatable bonds is 6. The van der Waals surface area contributed by atoms with E-state index in [2.05, 4.69) is 41.8 Å². The maximum Gasteiger partial charge on any atom is 0.324 e. The van der Waals surface area contributed by atoms with Crippen LogP contribution in [0.1, 0.15) is 38.1 Å². The van der Waals surface area contributed by atoms with Crippen LogP contribution < -0.4 is 20.3 Å². The number of hydrogen-bond acceptors (Lipinski definition) is 10. The minimum absolute atomic E-state index is 0.191. The van der Waals surface area contributed by atoms with Gasteiger partial charge in [-0.25, -0.2) is 9.97 Å². The summed E-state index contributed by atoms with van der Waals surface area (Å²) in [5.74, 6) is 2.23. The second-order valence-electron chi connectivity index (χ2n) is 7.66. The van der Waals surface area contributed by atoms with Crippen molar-refractivity contribution >= 4 is 17.7 Å². The minimum atomic E-state index is 0.191. The Hall–Kier alpha value is -3.43. The molecule has 1 aliphatic rings. The van der Waals surface area contributed by atoms with Gasteiger partial charge in [0.25, 0.3) is 0 Å². The second kappa shape index (κ2) is 8.52. The Morgan fingerprint density at radius 3 is 2.70 bits per heavy atom. The van der Waals surface area contributed by atoms with Crippen LogP contribution in [0.15, 0.2) is 35.4 Å². The van der Waals surface area contributed by atoms with Gasteiger partial charge < -0.3 is 24.8 Å². The number of nitrogens with zero attached hydrogens (tertiary/aromatic N) is 7. The molecule has 10 heteroatoms. The summed E-state index contributed by atoms with van der Waals surface area (Å²) in [4.78, 5) is 21.7. The third-order valence-electron chi connectivity index (χ3n) is 5.06. The Kier molecular flexibility index (Phi) is 5.64. The van der Waals surface area contributed by atoms with Crippen LogP contribution in [0.3, 0.4) is 0 Å². The molecule has 1 aliphatic heterocycles. The summed E-state index contributed by atoms with van der Waals surface area (Å²) >= 11 is 0. The van der Waals surface area contributed by atoms with E-state index in [1.165, 1.54) is 0 Å². The molecule has 1 saturated heterocycles. The lowest BCUT2D eigenvalue weighted by Crippen LogP contribution is -2.52. The molecule has 2 N–H and O–H groups in total. The summed E-state index contributed by atoms with van der Waals surface area (Å²) in [6.45, 7) is 8.84.